The molecule has 2 aromatic rings. The second-order valence-electron chi connectivity index (χ2n) is 4.16. The maximum atomic E-state index is 11.9. The van der Waals surface area contributed by atoms with Crippen LogP contribution in [0.15, 0.2) is 46.9 Å². The fourth-order valence-corrected chi connectivity index (χ4v) is 1.88. The molecule has 100 valence electrons. The highest BCUT2D eigenvalue weighted by Crippen LogP contribution is 2.24. The molecule has 0 saturated heterocycles. The van der Waals surface area contributed by atoms with Crippen molar-refractivity contribution in [2.75, 3.05) is 0 Å². The standard InChI is InChI=1S/C15H11BrN2O2/c16-13-6-5-12(7-14(13)19)15(20)18-9-11-3-1-10(8-17)2-4-11/h1-7,19H,9H2,(H,18,20). The number of aromatic hydroxyl groups is 1. The summed E-state index contributed by atoms with van der Waals surface area (Å²) in [6.07, 6.45) is 0. The van der Waals surface area contributed by atoms with Gasteiger partial charge < -0.3 is 10.4 Å². The van der Waals surface area contributed by atoms with Gasteiger partial charge in [0.05, 0.1) is 16.1 Å². The summed E-state index contributed by atoms with van der Waals surface area (Å²) in [6.45, 7) is 0.362. The van der Waals surface area contributed by atoms with Gasteiger partial charge in [0.25, 0.3) is 5.91 Å². The lowest BCUT2D eigenvalue weighted by Gasteiger charge is -2.06. The van der Waals surface area contributed by atoms with Crippen LogP contribution in [-0.2, 0) is 6.54 Å². The third-order valence-electron chi connectivity index (χ3n) is 2.74. The van der Waals surface area contributed by atoms with E-state index in [0.717, 1.165) is 5.56 Å². The lowest BCUT2D eigenvalue weighted by Crippen LogP contribution is -2.22. The van der Waals surface area contributed by atoms with Crippen molar-refractivity contribution >= 4 is 21.8 Å². The first-order valence-corrected chi connectivity index (χ1v) is 6.65. The first-order valence-electron chi connectivity index (χ1n) is 5.86. The average Bonchev–Trinajstić information content (AvgIpc) is 2.48. The molecular formula is C15H11BrN2O2. The fourth-order valence-electron chi connectivity index (χ4n) is 1.64. The van der Waals surface area contributed by atoms with E-state index in [4.69, 9.17) is 5.26 Å². The van der Waals surface area contributed by atoms with E-state index < -0.39 is 0 Å². The monoisotopic (exact) mass is 330 g/mol. The number of rotatable bonds is 3. The maximum Gasteiger partial charge on any atom is 0.251 e. The third kappa shape index (κ3) is 3.37. The van der Waals surface area contributed by atoms with Crippen molar-refractivity contribution < 1.29 is 9.90 Å². The molecule has 4 nitrogen and oxygen atoms in total. The van der Waals surface area contributed by atoms with Crippen LogP contribution in [0, 0.1) is 11.3 Å². The molecule has 0 aliphatic carbocycles. The average molecular weight is 331 g/mol. The smallest absolute Gasteiger partial charge is 0.251 e. The highest BCUT2D eigenvalue weighted by atomic mass is 79.9. The minimum Gasteiger partial charge on any atom is -0.507 e. The minimum atomic E-state index is -0.267. The van der Waals surface area contributed by atoms with E-state index in [1.807, 2.05) is 6.07 Å². The Labute approximate surface area is 124 Å². The molecule has 0 aromatic heterocycles. The number of carbonyl (C=O) groups excluding carboxylic acids is 1. The number of nitrogens with one attached hydrogen (secondary N) is 1. The van der Waals surface area contributed by atoms with Crippen molar-refractivity contribution in [1.29, 1.82) is 5.26 Å². The quantitative estimate of drug-likeness (QED) is 0.908. The van der Waals surface area contributed by atoms with Crippen molar-refractivity contribution in [3.05, 3.63) is 63.6 Å². The van der Waals surface area contributed by atoms with Crippen LogP contribution in [0.25, 0.3) is 0 Å². The van der Waals surface area contributed by atoms with Crippen LogP contribution in [0.5, 0.6) is 5.75 Å². The van der Waals surface area contributed by atoms with E-state index in [-0.39, 0.29) is 11.7 Å². The SMILES string of the molecule is N#Cc1ccc(CNC(=O)c2ccc(Br)c(O)c2)cc1. The largest absolute Gasteiger partial charge is 0.507 e. The molecule has 5 heteroatoms. The van der Waals surface area contributed by atoms with Crippen molar-refractivity contribution in [1.82, 2.24) is 5.32 Å². The maximum absolute atomic E-state index is 11.9. The van der Waals surface area contributed by atoms with E-state index in [1.54, 1.807) is 36.4 Å². The van der Waals surface area contributed by atoms with Crippen molar-refractivity contribution in [3.63, 3.8) is 0 Å². The number of benzene rings is 2. The molecule has 2 aromatic carbocycles. The topological polar surface area (TPSA) is 73.1 Å². The molecule has 2 rings (SSSR count). The Kier molecular flexibility index (Phi) is 4.38. The number of amides is 1. The Morgan fingerprint density at radius 2 is 1.95 bits per heavy atom. The summed E-state index contributed by atoms with van der Waals surface area (Å²) in [5, 5.41) is 21.0. The zero-order chi connectivity index (χ0) is 14.5. The van der Waals surface area contributed by atoms with Crippen LogP contribution < -0.4 is 5.32 Å². The predicted octanol–water partition coefficient (Wildman–Crippen LogP) is 2.96. The van der Waals surface area contributed by atoms with Gasteiger partial charge >= 0.3 is 0 Å². The molecule has 20 heavy (non-hydrogen) atoms. The molecule has 0 bridgehead atoms. The van der Waals surface area contributed by atoms with E-state index in [1.165, 1.54) is 6.07 Å². The van der Waals surface area contributed by atoms with Crippen molar-refractivity contribution in [2.45, 2.75) is 6.54 Å². The van der Waals surface area contributed by atoms with Crippen molar-refractivity contribution in [2.24, 2.45) is 0 Å². The molecule has 0 unspecified atom stereocenters. The number of hydrogen-bond acceptors (Lipinski definition) is 3. The Morgan fingerprint density at radius 3 is 2.55 bits per heavy atom. The summed E-state index contributed by atoms with van der Waals surface area (Å²) in [5.74, 6) is -0.242. The van der Waals surface area contributed by atoms with E-state index >= 15 is 0 Å². The number of hydrogen-bond donors (Lipinski definition) is 2. The zero-order valence-electron chi connectivity index (χ0n) is 10.4. The van der Waals surface area contributed by atoms with E-state index in [9.17, 15) is 9.90 Å². The number of nitrogens with zero attached hydrogens (tertiary/aromatic N) is 1. The number of carbonyl (C=O) groups is 1. The normalized spacial score (nSPS) is 9.80. The fraction of sp³-hybridized carbons (Fsp3) is 0.0667. The summed E-state index contributed by atoms with van der Waals surface area (Å²) in [6, 6.07) is 13.7. The predicted molar refractivity (Wildman–Crippen MR) is 78.1 cm³/mol. The van der Waals surface area contributed by atoms with Gasteiger partial charge in [-0.3, -0.25) is 4.79 Å². The van der Waals surface area contributed by atoms with Gasteiger partial charge in [0.2, 0.25) is 0 Å². The summed E-state index contributed by atoms with van der Waals surface area (Å²) in [4.78, 5) is 11.9. The molecule has 0 aliphatic heterocycles. The molecule has 0 atom stereocenters. The Balaban J connectivity index is 2.01. The molecule has 2 N–H and O–H groups in total. The van der Waals surface area contributed by atoms with Crippen LogP contribution in [0.4, 0.5) is 0 Å². The summed E-state index contributed by atoms with van der Waals surface area (Å²) >= 11 is 3.16. The van der Waals surface area contributed by atoms with Crippen LogP contribution in [-0.4, -0.2) is 11.0 Å². The highest BCUT2D eigenvalue weighted by molar-refractivity contribution is 9.10. The zero-order valence-corrected chi connectivity index (χ0v) is 12.0. The molecule has 0 aliphatic rings. The minimum absolute atomic E-state index is 0.0241. The molecular weight excluding hydrogens is 320 g/mol. The Morgan fingerprint density at radius 1 is 1.25 bits per heavy atom. The second kappa shape index (κ2) is 6.22. The second-order valence-corrected chi connectivity index (χ2v) is 5.01. The molecule has 0 heterocycles. The molecule has 0 spiro atoms. The highest BCUT2D eigenvalue weighted by Gasteiger charge is 2.07. The number of phenols is 1. The number of nitriles is 1. The first kappa shape index (κ1) is 14.1. The van der Waals surface area contributed by atoms with Gasteiger partial charge in [0.15, 0.2) is 0 Å². The van der Waals surface area contributed by atoms with Crippen LogP contribution >= 0.6 is 15.9 Å². The molecule has 1 amide bonds. The molecule has 0 radical (unpaired) electrons. The lowest BCUT2D eigenvalue weighted by molar-refractivity contribution is 0.0950. The summed E-state index contributed by atoms with van der Waals surface area (Å²) < 4.78 is 0.543. The number of phenolic OH excluding ortho intramolecular Hbond substituents is 1. The van der Waals surface area contributed by atoms with Gasteiger partial charge in [-0.25, -0.2) is 0 Å². The molecule has 0 saturated carbocycles. The van der Waals surface area contributed by atoms with Gasteiger partial charge in [-0.1, -0.05) is 12.1 Å². The number of halogens is 1. The van der Waals surface area contributed by atoms with Gasteiger partial charge in [-0.2, -0.15) is 5.26 Å². The third-order valence-corrected chi connectivity index (χ3v) is 3.41. The summed E-state index contributed by atoms with van der Waals surface area (Å²) in [5.41, 5.74) is 1.87. The van der Waals surface area contributed by atoms with Crippen LogP contribution in [0.2, 0.25) is 0 Å². The van der Waals surface area contributed by atoms with Gasteiger partial charge in [-0.15, -0.1) is 0 Å². The van der Waals surface area contributed by atoms with Gasteiger partial charge in [0.1, 0.15) is 5.75 Å². The first-order chi connectivity index (χ1) is 9.60. The lowest BCUT2D eigenvalue weighted by atomic mass is 10.1. The van der Waals surface area contributed by atoms with Gasteiger partial charge in [0, 0.05) is 12.1 Å². The molecule has 0 fully saturated rings. The van der Waals surface area contributed by atoms with Crippen molar-refractivity contribution in [3.8, 4) is 11.8 Å². The van der Waals surface area contributed by atoms with E-state index in [2.05, 4.69) is 21.2 Å². The van der Waals surface area contributed by atoms with E-state index in [0.29, 0.717) is 22.1 Å². The Bertz CT molecular complexity index is 675. The van der Waals surface area contributed by atoms with Crippen LogP contribution in [0.3, 0.4) is 0 Å². The summed E-state index contributed by atoms with van der Waals surface area (Å²) in [7, 11) is 0. The van der Waals surface area contributed by atoms with Gasteiger partial charge in [-0.05, 0) is 51.8 Å². The Hall–Kier alpha value is -2.32. The van der Waals surface area contributed by atoms with Crippen LogP contribution in [0.1, 0.15) is 21.5 Å².